The number of halogens is 1. The van der Waals surface area contributed by atoms with Gasteiger partial charge in [-0.25, -0.2) is 5.43 Å². The Morgan fingerprint density at radius 1 is 0.839 bits per heavy atom. The van der Waals surface area contributed by atoms with Crippen LogP contribution in [-0.4, -0.2) is 54.1 Å². The smallest absolute Gasteiger partial charge is 0.250 e. The molecule has 0 bridgehead atoms. The molecule has 1 aromatic heterocycles. The van der Waals surface area contributed by atoms with Gasteiger partial charge in [-0.1, -0.05) is 11.6 Å². The summed E-state index contributed by atoms with van der Waals surface area (Å²) >= 11 is 6.33. The third kappa shape index (κ3) is 4.61. The van der Waals surface area contributed by atoms with Gasteiger partial charge < -0.3 is 19.3 Å². The Bertz CT molecular complexity index is 923. The highest BCUT2D eigenvalue weighted by Crippen LogP contribution is 2.36. The molecule has 3 aliphatic heterocycles. The highest BCUT2D eigenvalue weighted by atomic mass is 35.5. The molecule has 1 aromatic carbocycles. The maximum atomic E-state index is 6.33. The van der Waals surface area contributed by atoms with Gasteiger partial charge in [0.05, 0.1) is 11.2 Å². The summed E-state index contributed by atoms with van der Waals surface area (Å²) in [5.74, 6) is 3.17. The Balaban J connectivity index is 1.37. The molecule has 0 unspecified atom stereocenters. The lowest BCUT2D eigenvalue weighted by Crippen LogP contribution is -2.34. The first kappa shape index (κ1) is 20.1. The van der Waals surface area contributed by atoms with E-state index in [9.17, 15) is 0 Å². The first-order valence-electron chi connectivity index (χ1n) is 10.9. The Morgan fingerprint density at radius 3 is 2.03 bits per heavy atom. The SMILES string of the molecule is Clc1cc2c(cc1/C=N\Nc1nc(N3CCCCC3)nc(N3CCCCC3)n1)OCO2. The molecule has 5 rings (SSSR count). The molecule has 1 N–H and O–H groups in total. The van der Waals surface area contributed by atoms with Gasteiger partial charge in [0.25, 0.3) is 0 Å². The summed E-state index contributed by atoms with van der Waals surface area (Å²) in [5.41, 5.74) is 3.69. The van der Waals surface area contributed by atoms with E-state index in [1.54, 1.807) is 12.3 Å². The predicted octanol–water partition coefficient (Wildman–Crippen LogP) is 3.68. The maximum absolute atomic E-state index is 6.33. The first-order chi connectivity index (χ1) is 15.3. The lowest BCUT2D eigenvalue weighted by atomic mass is 10.1. The van der Waals surface area contributed by atoms with Crippen LogP contribution in [0.2, 0.25) is 5.02 Å². The van der Waals surface area contributed by atoms with E-state index in [1.165, 1.54) is 12.8 Å². The summed E-state index contributed by atoms with van der Waals surface area (Å²) in [6.45, 7) is 4.09. The van der Waals surface area contributed by atoms with Crippen molar-refractivity contribution in [3.63, 3.8) is 0 Å². The summed E-state index contributed by atoms with van der Waals surface area (Å²) in [6, 6.07) is 3.54. The van der Waals surface area contributed by atoms with Gasteiger partial charge in [-0.15, -0.1) is 0 Å². The van der Waals surface area contributed by atoms with Crippen LogP contribution in [0.1, 0.15) is 44.1 Å². The summed E-state index contributed by atoms with van der Waals surface area (Å²) in [5, 5.41) is 4.86. The zero-order chi connectivity index (χ0) is 21.0. The number of fused-ring (bicyclic) bond motifs is 1. The molecule has 31 heavy (non-hydrogen) atoms. The van der Waals surface area contributed by atoms with E-state index in [-0.39, 0.29) is 6.79 Å². The van der Waals surface area contributed by atoms with Crippen molar-refractivity contribution >= 4 is 35.7 Å². The van der Waals surface area contributed by atoms with E-state index in [0.29, 0.717) is 34.4 Å². The van der Waals surface area contributed by atoms with Crippen LogP contribution in [0.3, 0.4) is 0 Å². The molecule has 2 aromatic rings. The number of nitrogens with zero attached hydrogens (tertiary/aromatic N) is 6. The van der Waals surface area contributed by atoms with Crippen molar-refractivity contribution in [3.05, 3.63) is 22.7 Å². The number of benzene rings is 1. The van der Waals surface area contributed by atoms with Crippen LogP contribution < -0.4 is 24.7 Å². The van der Waals surface area contributed by atoms with Crippen molar-refractivity contribution < 1.29 is 9.47 Å². The van der Waals surface area contributed by atoms with E-state index in [2.05, 4.69) is 30.3 Å². The van der Waals surface area contributed by atoms with Gasteiger partial charge in [-0.2, -0.15) is 20.1 Å². The third-order valence-corrected chi connectivity index (χ3v) is 6.08. The highest BCUT2D eigenvalue weighted by molar-refractivity contribution is 6.33. The number of hydrogen-bond acceptors (Lipinski definition) is 9. The van der Waals surface area contributed by atoms with E-state index in [4.69, 9.17) is 26.1 Å². The largest absolute Gasteiger partial charge is 0.454 e. The zero-order valence-electron chi connectivity index (χ0n) is 17.4. The van der Waals surface area contributed by atoms with Gasteiger partial charge in [0, 0.05) is 37.8 Å². The average Bonchev–Trinajstić information content (AvgIpc) is 3.27. The van der Waals surface area contributed by atoms with Crippen molar-refractivity contribution in [2.45, 2.75) is 38.5 Å². The third-order valence-electron chi connectivity index (χ3n) is 5.75. The van der Waals surface area contributed by atoms with E-state index >= 15 is 0 Å². The van der Waals surface area contributed by atoms with Crippen LogP contribution in [0.25, 0.3) is 0 Å². The molecule has 0 atom stereocenters. The number of hydrazone groups is 1. The Kier molecular flexibility index (Phi) is 5.93. The van der Waals surface area contributed by atoms with Gasteiger partial charge in [0.1, 0.15) is 0 Å². The summed E-state index contributed by atoms with van der Waals surface area (Å²) in [7, 11) is 0. The second-order valence-corrected chi connectivity index (χ2v) is 8.36. The Labute approximate surface area is 186 Å². The number of ether oxygens (including phenoxy) is 2. The quantitative estimate of drug-likeness (QED) is 0.553. The lowest BCUT2D eigenvalue weighted by Gasteiger charge is -2.30. The highest BCUT2D eigenvalue weighted by Gasteiger charge is 2.20. The van der Waals surface area contributed by atoms with Crippen molar-refractivity contribution in [1.82, 2.24) is 15.0 Å². The molecule has 0 amide bonds. The van der Waals surface area contributed by atoms with E-state index < -0.39 is 0 Å². The molecule has 2 saturated heterocycles. The minimum atomic E-state index is 0.202. The summed E-state index contributed by atoms with van der Waals surface area (Å²) < 4.78 is 10.8. The Morgan fingerprint density at radius 2 is 1.42 bits per heavy atom. The molecule has 0 radical (unpaired) electrons. The van der Waals surface area contributed by atoms with Gasteiger partial charge in [-0.3, -0.25) is 0 Å². The number of piperidine rings is 2. The predicted molar refractivity (Wildman–Crippen MR) is 121 cm³/mol. The number of aromatic nitrogens is 3. The second kappa shape index (κ2) is 9.13. The molecular formula is C21H26ClN7O2. The molecule has 0 aliphatic carbocycles. The molecular weight excluding hydrogens is 418 g/mol. The lowest BCUT2D eigenvalue weighted by molar-refractivity contribution is 0.174. The molecule has 9 nitrogen and oxygen atoms in total. The number of rotatable bonds is 5. The van der Waals surface area contributed by atoms with Crippen LogP contribution in [0.4, 0.5) is 17.8 Å². The molecule has 0 saturated carbocycles. The van der Waals surface area contributed by atoms with Crippen LogP contribution in [0.5, 0.6) is 11.5 Å². The minimum absolute atomic E-state index is 0.202. The van der Waals surface area contributed by atoms with Crippen LogP contribution in [-0.2, 0) is 0 Å². The first-order valence-corrected chi connectivity index (χ1v) is 11.3. The molecule has 3 aliphatic rings. The van der Waals surface area contributed by atoms with E-state index in [0.717, 1.165) is 57.4 Å². The molecule has 4 heterocycles. The van der Waals surface area contributed by atoms with Crippen molar-refractivity contribution in [1.29, 1.82) is 0 Å². The van der Waals surface area contributed by atoms with Gasteiger partial charge in [0.2, 0.25) is 24.6 Å². The van der Waals surface area contributed by atoms with Crippen LogP contribution in [0.15, 0.2) is 17.2 Å². The fourth-order valence-electron chi connectivity index (χ4n) is 4.07. The molecule has 164 valence electrons. The van der Waals surface area contributed by atoms with Crippen molar-refractivity contribution in [3.8, 4) is 11.5 Å². The molecule has 0 spiro atoms. The number of nitrogens with one attached hydrogen (secondary N) is 1. The fraction of sp³-hybridized carbons (Fsp3) is 0.524. The van der Waals surface area contributed by atoms with Crippen LogP contribution in [0, 0.1) is 0 Å². The Hall–Kier alpha value is -2.81. The van der Waals surface area contributed by atoms with Gasteiger partial charge >= 0.3 is 0 Å². The van der Waals surface area contributed by atoms with Gasteiger partial charge in [0.15, 0.2) is 11.5 Å². The summed E-state index contributed by atoms with van der Waals surface area (Å²) in [6.07, 6.45) is 8.79. The van der Waals surface area contributed by atoms with E-state index in [1.807, 2.05) is 6.07 Å². The zero-order valence-corrected chi connectivity index (χ0v) is 18.1. The fourth-order valence-corrected chi connectivity index (χ4v) is 4.27. The molecule has 2 fully saturated rings. The number of anilines is 3. The summed E-state index contributed by atoms with van der Waals surface area (Å²) in [4.78, 5) is 18.5. The number of hydrogen-bond donors (Lipinski definition) is 1. The van der Waals surface area contributed by atoms with Crippen molar-refractivity contribution in [2.75, 3.05) is 48.2 Å². The average molecular weight is 444 g/mol. The van der Waals surface area contributed by atoms with Crippen molar-refractivity contribution in [2.24, 2.45) is 5.10 Å². The topological polar surface area (TPSA) is 88.0 Å². The normalized spacial score (nSPS) is 18.6. The second-order valence-electron chi connectivity index (χ2n) is 7.95. The molecule has 10 heteroatoms. The van der Waals surface area contributed by atoms with Gasteiger partial charge in [-0.05, 0) is 44.6 Å². The monoisotopic (exact) mass is 443 g/mol. The van der Waals surface area contributed by atoms with Crippen LogP contribution >= 0.6 is 11.6 Å². The standard InChI is InChI=1S/C21H26ClN7O2/c22-16-12-18-17(30-14-31-18)11-15(16)13-23-27-19-24-20(28-7-3-1-4-8-28)26-21(25-19)29-9-5-2-6-10-29/h11-13H,1-10,14H2,(H,24,25,26,27)/b23-13-. The maximum Gasteiger partial charge on any atom is 0.250 e. The minimum Gasteiger partial charge on any atom is -0.454 e.